The van der Waals surface area contributed by atoms with Gasteiger partial charge in [-0.2, -0.15) is 11.8 Å². The highest BCUT2D eigenvalue weighted by Gasteiger charge is 2.28. The molecule has 0 saturated heterocycles. The van der Waals surface area contributed by atoms with Gasteiger partial charge in [0.1, 0.15) is 12.0 Å². The van der Waals surface area contributed by atoms with E-state index in [9.17, 15) is 9.59 Å². The van der Waals surface area contributed by atoms with Crippen LogP contribution >= 0.6 is 23.4 Å². The van der Waals surface area contributed by atoms with Gasteiger partial charge in [-0.3, -0.25) is 9.59 Å². The largest absolute Gasteiger partial charge is 0.469 e. The average molecular weight is 283 g/mol. The fourth-order valence-electron chi connectivity index (χ4n) is 0.979. The molecular formula is C11H19ClO4S. The van der Waals surface area contributed by atoms with Gasteiger partial charge in [0.2, 0.25) is 0 Å². The molecule has 100 valence electrons. The summed E-state index contributed by atoms with van der Waals surface area (Å²) in [6, 6.07) is 0. The predicted octanol–water partition coefficient (Wildman–Crippen LogP) is 2.09. The first kappa shape index (κ1) is 16.6. The van der Waals surface area contributed by atoms with E-state index in [1.165, 1.54) is 18.9 Å². The molecule has 0 saturated carbocycles. The van der Waals surface area contributed by atoms with Gasteiger partial charge in [-0.05, 0) is 20.8 Å². The van der Waals surface area contributed by atoms with E-state index in [0.717, 1.165) is 0 Å². The van der Waals surface area contributed by atoms with E-state index >= 15 is 0 Å². The molecule has 0 aliphatic rings. The van der Waals surface area contributed by atoms with E-state index in [1.807, 2.05) is 13.8 Å². The highest BCUT2D eigenvalue weighted by atomic mass is 35.5. The van der Waals surface area contributed by atoms with Crippen LogP contribution in [0.3, 0.4) is 0 Å². The number of halogens is 1. The standard InChI is InChI=1S/C11H19ClO4S/c1-8(12)9(13)16-5-6-17-7-11(2,3)10(14)15-4/h8H,5-7H2,1-4H3. The minimum atomic E-state index is -0.619. The van der Waals surface area contributed by atoms with E-state index in [4.69, 9.17) is 16.3 Å². The molecule has 0 aromatic carbocycles. The third-order valence-corrected chi connectivity index (χ3v) is 3.56. The van der Waals surface area contributed by atoms with Crippen molar-refractivity contribution in [1.29, 1.82) is 0 Å². The summed E-state index contributed by atoms with van der Waals surface area (Å²) in [6.45, 7) is 5.51. The van der Waals surface area contributed by atoms with E-state index < -0.39 is 16.8 Å². The number of esters is 2. The molecule has 0 aliphatic heterocycles. The number of ether oxygens (including phenoxy) is 2. The molecule has 0 radical (unpaired) electrons. The molecule has 0 aromatic heterocycles. The maximum Gasteiger partial charge on any atom is 0.323 e. The van der Waals surface area contributed by atoms with Gasteiger partial charge in [-0.15, -0.1) is 11.6 Å². The van der Waals surface area contributed by atoms with E-state index in [-0.39, 0.29) is 5.97 Å². The Morgan fingerprint density at radius 1 is 1.41 bits per heavy atom. The summed E-state index contributed by atoms with van der Waals surface area (Å²) in [5.41, 5.74) is -0.525. The van der Waals surface area contributed by atoms with Crippen molar-refractivity contribution in [2.75, 3.05) is 25.2 Å². The van der Waals surface area contributed by atoms with Crippen molar-refractivity contribution in [3.05, 3.63) is 0 Å². The van der Waals surface area contributed by atoms with E-state index in [0.29, 0.717) is 18.1 Å². The zero-order valence-electron chi connectivity index (χ0n) is 10.6. The smallest absolute Gasteiger partial charge is 0.323 e. The topological polar surface area (TPSA) is 52.6 Å². The number of hydrogen-bond acceptors (Lipinski definition) is 5. The van der Waals surface area contributed by atoms with Gasteiger partial charge in [0.15, 0.2) is 0 Å². The Hall–Kier alpha value is -0.420. The van der Waals surface area contributed by atoms with Gasteiger partial charge in [0.25, 0.3) is 0 Å². The van der Waals surface area contributed by atoms with Gasteiger partial charge in [0, 0.05) is 11.5 Å². The van der Waals surface area contributed by atoms with Crippen molar-refractivity contribution in [2.24, 2.45) is 5.41 Å². The molecule has 1 atom stereocenters. The van der Waals surface area contributed by atoms with E-state index in [1.54, 1.807) is 6.92 Å². The van der Waals surface area contributed by atoms with Crippen molar-refractivity contribution in [3.63, 3.8) is 0 Å². The quantitative estimate of drug-likeness (QED) is 0.407. The van der Waals surface area contributed by atoms with Crippen LogP contribution in [0.4, 0.5) is 0 Å². The lowest BCUT2D eigenvalue weighted by molar-refractivity contribution is -0.149. The SMILES string of the molecule is COC(=O)C(C)(C)CSCCOC(=O)C(C)Cl. The normalized spacial score (nSPS) is 13.0. The Kier molecular flexibility index (Phi) is 7.63. The molecule has 0 bridgehead atoms. The van der Waals surface area contributed by atoms with Gasteiger partial charge < -0.3 is 9.47 Å². The lowest BCUT2D eigenvalue weighted by Crippen LogP contribution is -2.28. The molecule has 17 heavy (non-hydrogen) atoms. The van der Waals surface area contributed by atoms with Gasteiger partial charge in [-0.1, -0.05) is 0 Å². The predicted molar refractivity (Wildman–Crippen MR) is 69.4 cm³/mol. The number of rotatable bonds is 7. The maximum absolute atomic E-state index is 11.4. The number of thioether (sulfide) groups is 1. The van der Waals surface area contributed by atoms with Gasteiger partial charge in [0.05, 0.1) is 12.5 Å². The van der Waals surface area contributed by atoms with Crippen molar-refractivity contribution in [3.8, 4) is 0 Å². The molecule has 0 fully saturated rings. The third-order valence-electron chi connectivity index (χ3n) is 2.00. The molecule has 4 nitrogen and oxygen atoms in total. The molecule has 0 rings (SSSR count). The van der Waals surface area contributed by atoms with Gasteiger partial charge >= 0.3 is 11.9 Å². The summed E-state index contributed by atoms with van der Waals surface area (Å²) in [4.78, 5) is 22.4. The van der Waals surface area contributed by atoms with Crippen molar-refractivity contribution < 1.29 is 19.1 Å². The third kappa shape index (κ3) is 6.78. The number of alkyl halides is 1. The summed E-state index contributed by atoms with van der Waals surface area (Å²) in [5.74, 6) is 0.597. The Bertz CT molecular complexity index is 266. The van der Waals surface area contributed by atoms with Crippen LogP contribution in [0.1, 0.15) is 20.8 Å². The van der Waals surface area contributed by atoms with E-state index in [2.05, 4.69) is 4.74 Å². The minimum absolute atomic E-state index is 0.239. The molecule has 0 heterocycles. The van der Waals surface area contributed by atoms with Crippen LogP contribution in [0.15, 0.2) is 0 Å². The Morgan fingerprint density at radius 3 is 2.47 bits per heavy atom. The summed E-state index contributed by atoms with van der Waals surface area (Å²) < 4.78 is 9.58. The molecular weight excluding hydrogens is 264 g/mol. The summed E-state index contributed by atoms with van der Waals surface area (Å²) in [7, 11) is 1.37. The minimum Gasteiger partial charge on any atom is -0.469 e. The molecule has 0 aliphatic carbocycles. The molecule has 0 aromatic rings. The Labute approximate surface area is 111 Å². The van der Waals surface area contributed by atoms with Crippen molar-refractivity contribution in [2.45, 2.75) is 26.1 Å². The first-order valence-corrected chi connectivity index (χ1v) is 6.87. The summed E-state index contributed by atoms with van der Waals surface area (Å²) in [5, 5.41) is -0.619. The number of carbonyl (C=O) groups is 2. The molecule has 0 amide bonds. The second kappa shape index (κ2) is 7.82. The molecule has 0 N–H and O–H groups in total. The zero-order valence-corrected chi connectivity index (χ0v) is 12.2. The maximum atomic E-state index is 11.4. The van der Waals surface area contributed by atoms with Crippen molar-refractivity contribution >= 4 is 35.3 Å². The number of carbonyl (C=O) groups excluding carboxylic acids is 2. The van der Waals surface area contributed by atoms with Crippen LogP contribution in [0, 0.1) is 5.41 Å². The molecule has 1 unspecified atom stereocenters. The molecule has 6 heteroatoms. The highest BCUT2D eigenvalue weighted by molar-refractivity contribution is 7.99. The lowest BCUT2D eigenvalue weighted by Gasteiger charge is -2.20. The highest BCUT2D eigenvalue weighted by Crippen LogP contribution is 2.23. The monoisotopic (exact) mass is 282 g/mol. The van der Waals surface area contributed by atoms with Crippen LogP contribution < -0.4 is 0 Å². The summed E-state index contributed by atoms with van der Waals surface area (Å²) >= 11 is 7.07. The van der Waals surface area contributed by atoms with Crippen LogP contribution in [-0.2, 0) is 19.1 Å². The second-order valence-corrected chi connectivity index (χ2v) is 5.97. The second-order valence-electron chi connectivity index (χ2n) is 4.21. The van der Waals surface area contributed by atoms with Gasteiger partial charge in [-0.25, -0.2) is 0 Å². The fourth-order valence-corrected chi connectivity index (χ4v) is 2.02. The summed E-state index contributed by atoms with van der Waals surface area (Å²) in [6.07, 6.45) is 0. The van der Waals surface area contributed by atoms with Crippen LogP contribution in [-0.4, -0.2) is 42.5 Å². The fraction of sp³-hybridized carbons (Fsp3) is 0.818. The Balaban J connectivity index is 3.71. The number of methoxy groups -OCH3 is 1. The van der Waals surface area contributed by atoms with Crippen LogP contribution in [0.2, 0.25) is 0 Å². The first-order valence-electron chi connectivity index (χ1n) is 5.28. The lowest BCUT2D eigenvalue weighted by atomic mass is 9.97. The van der Waals surface area contributed by atoms with Crippen LogP contribution in [0.25, 0.3) is 0 Å². The average Bonchev–Trinajstić information content (AvgIpc) is 2.26. The zero-order chi connectivity index (χ0) is 13.5. The first-order chi connectivity index (χ1) is 7.81. The Morgan fingerprint density at radius 2 is 2.00 bits per heavy atom. The van der Waals surface area contributed by atoms with Crippen molar-refractivity contribution in [1.82, 2.24) is 0 Å². The number of hydrogen-bond donors (Lipinski definition) is 0. The van der Waals surface area contributed by atoms with Crippen LogP contribution in [0.5, 0.6) is 0 Å². The molecule has 0 spiro atoms.